The van der Waals surface area contributed by atoms with Crippen LogP contribution in [0.2, 0.25) is 0 Å². The van der Waals surface area contributed by atoms with Crippen LogP contribution in [0.3, 0.4) is 0 Å². The van der Waals surface area contributed by atoms with Crippen LogP contribution in [-0.2, 0) is 0 Å². The van der Waals surface area contributed by atoms with Crippen molar-refractivity contribution in [1.29, 1.82) is 0 Å². The van der Waals surface area contributed by atoms with E-state index in [0.717, 1.165) is 5.69 Å². The summed E-state index contributed by atoms with van der Waals surface area (Å²) in [6, 6.07) is 0.416. The first-order chi connectivity index (χ1) is 5.18. The smallest absolute Gasteiger partial charge is 0.196 e. The first-order valence-corrected chi connectivity index (χ1v) is 4.22. The second kappa shape index (κ2) is 3.67. The Kier molecular flexibility index (Phi) is 2.82. The number of aromatic nitrogens is 2. The van der Waals surface area contributed by atoms with Crippen LogP contribution in [0.5, 0.6) is 0 Å². The molecule has 4 heteroatoms. The predicted octanol–water partition coefficient (Wildman–Crippen LogP) is 2.06. The lowest BCUT2D eigenvalue weighted by Gasteiger charge is -2.07. The van der Waals surface area contributed by atoms with Gasteiger partial charge < -0.3 is 5.32 Å². The quantitative estimate of drug-likeness (QED) is 0.769. The van der Waals surface area contributed by atoms with Crippen molar-refractivity contribution in [3.8, 4) is 0 Å². The molecule has 3 nitrogen and oxygen atoms in total. The lowest BCUT2D eigenvalue weighted by Crippen LogP contribution is -2.09. The number of nitrogens with zero attached hydrogens (tertiary/aromatic N) is 2. The Balaban J connectivity index is 2.66. The maximum absolute atomic E-state index is 3.98. The molecule has 1 aromatic heterocycles. The monoisotopic (exact) mass is 215 g/mol. The number of hydrogen-bond acceptors (Lipinski definition) is 3. The molecule has 1 N–H and O–H groups in total. The van der Waals surface area contributed by atoms with Crippen LogP contribution in [0.15, 0.2) is 17.1 Å². The molecule has 1 heterocycles. The van der Waals surface area contributed by atoms with Gasteiger partial charge in [-0.25, -0.2) is 9.97 Å². The molecule has 0 aliphatic heterocycles. The third kappa shape index (κ3) is 2.84. The van der Waals surface area contributed by atoms with Crippen LogP contribution >= 0.6 is 15.9 Å². The zero-order chi connectivity index (χ0) is 8.27. The van der Waals surface area contributed by atoms with Gasteiger partial charge in [0.15, 0.2) is 4.73 Å². The van der Waals surface area contributed by atoms with Crippen molar-refractivity contribution >= 4 is 21.6 Å². The van der Waals surface area contributed by atoms with E-state index in [2.05, 4.69) is 45.1 Å². The van der Waals surface area contributed by atoms with Crippen molar-refractivity contribution in [1.82, 2.24) is 9.97 Å². The minimum absolute atomic E-state index is 0.416. The van der Waals surface area contributed by atoms with Crippen LogP contribution in [0.25, 0.3) is 0 Å². The van der Waals surface area contributed by atoms with E-state index in [-0.39, 0.29) is 0 Å². The minimum Gasteiger partial charge on any atom is -0.380 e. The highest BCUT2D eigenvalue weighted by atomic mass is 79.9. The second-order valence-corrected chi connectivity index (χ2v) is 3.25. The minimum atomic E-state index is 0.416. The van der Waals surface area contributed by atoms with Crippen molar-refractivity contribution < 1.29 is 0 Å². The lowest BCUT2D eigenvalue weighted by atomic mass is 10.4. The Bertz CT molecular complexity index is 220. The number of nitrogens with one attached hydrogen (secondary N) is 1. The molecule has 1 aromatic rings. The first kappa shape index (κ1) is 8.46. The molecule has 11 heavy (non-hydrogen) atoms. The summed E-state index contributed by atoms with van der Waals surface area (Å²) in [4.78, 5) is 7.95. The molecule has 0 fully saturated rings. The Morgan fingerprint density at radius 1 is 1.36 bits per heavy atom. The summed E-state index contributed by atoms with van der Waals surface area (Å²) >= 11 is 3.16. The van der Waals surface area contributed by atoms with Gasteiger partial charge in [0, 0.05) is 6.04 Å². The third-order valence-electron chi connectivity index (χ3n) is 1.08. The molecule has 1 rings (SSSR count). The molecule has 0 amide bonds. The zero-order valence-corrected chi connectivity index (χ0v) is 8.09. The fourth-order valence-corrected chi connectivity index (χ4v) is 0.925. The molecule has 0 unspecified atom stereocenters. The van der Waals surface area contributed by atoms with Gasteiger partial charge in [-0.2, -0.15) is 0 Å². The maximum Gasteiger partial charge on any atom is 0.196 e. The summed E-state index contributed by atoms with van der Waals surface area (Å²) in [5.41, 5.74) is 0.947. The lowest BCUT2D eigenvalue weighted by molar-refractivity contribution is 0.893. The Morgan fingerprint density at radius 3 is 2.36 bits per heavy atom. The molecule has 0 radical (unpaired) electrons. The van der Waals surface area contributed by atoms with Gasteiger partial charge in [0.05, 0.1) is 18.1 Å². The molecule has 0 saturated carbocycles. The average molecular weight is 216 g/mol. The van der Waals surface area contributed by atoms with E-state index < -0.39 is 0 Å². The molecule has 0 aliphatic rings. The molecule has 0 saturated heterocycles. The summed E-state index contributed by atoms with van der Waals surface area (Å²) in [6.07, 6.45) is 3.49. The second-order valence-electron chi connectivity index (χ2n) is 2.54. The normalized spacial score (nSPS) is 10.2. The van der Waals surface area contributed by atoms with E-state index in [4.69, 9.17) is 0 Å². The highest BCUT2D eigenvalue weighted by Gasteiger charge is 1.95. The topological polar surface area (TPSA) is 37.8 Å². The van der Waals surface area contributed by atoms with Gasteiger partial charge in [-0.1, -0.05) is 0 Å². The zero-order valence-electron chi connectivity index (χ0n) is 6.50. The fourth-order valence-electron chi connectivity index (χ4n) is 0.720. The van der Waals surface area contributed by atoms with Gasteiger partial charge in [-0.3, -0.25) is 0 Å². The van der Waals surface area contributed by atoms with Crippen LogP contribution < -0.4 is 5.32 Å². The van der Waals surface area contributed by atoms with E-state index >= 15 is 0 Å². The molecular weight excluding hydrogens is 206 g/mol. The summed E-state index contributed by atoms with van der Waals surface area (Å²) in [6.45, 7) is 4.14. The highest BCUT2D eigenvalue weighted by molar-refractivity contribution is 9.10. The summed E-state index contributed by atoms with van der Waals surface area (Å²) in [5, 5.41) is 3.19. The average Bonchev–Trinajstić information content (AvgIpc) is 1.93. The Morgan fingerprint density at radius 2 is 1.91 bits per heavy atom. The standard InChI is InChI=1S/C7H10BrN3/c1-5(2)11-6-3-9-7(8)10-4-6/h3-5,11H,1-2H3. The summed E-state index contributed by atoms with van der Waals surface area (Å²) < 4.78 is 0.617. The Labute approximate surface area is 74.4 Å². The molecular formula is C7H10BrN3. The van der Waals surface area contributed by atoms with Crippen LogP contribution in [0.4, 0.5) is 5.69 Å². The molecule has 0 aliphatic carbocycles. The number of anilines is 1. The predicted molar refractivity (Wildman–Crippen MR) is 48.5 cm³/mol. The van der Waals surface area contributed by atoms with Gasteiger partial charge in [0.25, 0.3) is 0 Å². The number of halogens is 1. The highest BCUT2D eigenvalue weighted by Crippen LogP contribution is 2.07. The number of hydrogen-bond donors (Lipinski definition) is 1. The largest absolute Gasteiger partial charge is 0.380 e. The number of rotatable bonds is 2. The maximum atomic E-state index is 3.98. The fraction of sp³-hybridized carbons (Fsp3) is 0.429. The van der Waals surface area contributed by atoms with Gasteiger partial charge in [-0.05, 0) is 29.8 Å². The third-order valence-corrected chi connectivity index (χ3v) is 1.49. The van der Waals surface area contributed by atoms with Crippen molar-refractivity contribution in [3.05, 3.63) is 17.1 Å². The van der Waals surface area contributed by atoms with E-state index in [1.165, 1.54) is 0 Å². The first-order valence-electron chi connectivity index (χ1n) is 3.42. The molecule has 0 atom stereocenters. The van der Waals surface area contributed by atoms with Crippen LogP contribution in [0, 0.1) is 0 Å². The molecule has 0 bridgehead atoms. The molecule has 0 aromatic carbocycles. The van der Waals surface area contributed by atoms with Gasteiger partial charge in [-0.15, -0.1) is 0 Å². The van der Waals surface area contributed by atoms with E-state index in [0.29, 0.717) is 10.8 Å². The SMILES string of the molecule is CC(C)Nc1cnc(Br)nc1. The van der Waals surface area contributed by atoms with E-state index in [1.54, 1.807) is 12.4 Å². The van der Waals surface area contributed by atoms with E-state index in [1.807, 2.05) is 0 Å². The van der Waals surface area contributed by atoms with Crippen LogP contribution in [0.1, 0.15) is 13.8 Å². The summed E-state index contributed by atoms with van der Waals surface area (Å²) in [7, 11) is 0. The molecule has 0 spiro atoms. The Hall–Kier alpha value is -0.640. The van der Waals surface area contributed by atoms with Crippen molar-refractivity contribution in [2.75, 3.05) is 5.32 Å². The van der Waals surface area contributed by atoms with Crippen molar-refractivity contribution in [2.45, 2.75) is 19.9 Å². The van der Waals surface area contributed by atoms with Crippen molar-refractivity contribution in [3.63, 3.8) is 0 Å². The van der Waals surface area contributed by atoms with Crippen molar-refractivity contribution in [2.24, 2.45) is 0 Å². The van der Waals surface area contributed by atoms with Gasteiger partial charge in [0.1, 0.15) is 0 Å². The van der Waals surface area contributed by atoms with Crippen LogP contribution in [-0.4, -0.2) is 16.0 Å². The van der Waals surface area contributed by atoms with E-state index in [9.17, 15) is 0 Å². The van der Waals surface area contributed by atoms with Gasteiger partial charge >= 0.3 is 0 Å². The summed E-state index contributed by atoms with van der Waals surface area (Å²) in [5.74, 6) is 0. The molecule has 60 valence electrons. The van der Waals surface area contributed by atoms with Gasteiger partial charge in [0.2, 0.25) is 0 Å².